The topological polar surface area (TPSA) is 151 Å². The Morgan fingerprint density at radius 2 is 1.59 bits per heavy atom. The molecule has 0 saturated heterocycles. The number of benzene rings is 1. The molecule has 0 aliphatic heterocycles. The molecular formula is C23H36N4O5. The fraction of sp³-hybridized carbons (Fsp3) is 0.565. The maximum absolute atomic E-state index is 12.8. The van der Waals surface area contributed by atoms with Gasteiger partial charge in [0.1, 0.15) is 12.1 Å². The lowest BCUT2D eigenvalue weighted by Gasteiger charge is -2.23. The maximum Gasteiger partial charge on any atom is 0.326 e. The van der Waals surface area contributed by atoms with Crippen LogP contribution >= 0.6 is 0 Å². The Labute approximate surface area is 189 Å². The highest BCUT2D eigenvalue weighted by Gasteiger charge is 2.27. The molecular weight excluding hydrogens is 412 g/mol. The summed E-state index contributed by atoms with van der Waals surface area (Å²) in [6.07, 6.45) is 1.21. The van der Waals surface area contributed by atoms with Gasteiger partial charge in [0, 0.05) is 6.42 Å². The number of carboxylic acid groups (broad SMARTS) is 1. The van der Waals surface area contributed by atoms with Gasteiger partial charge in [-0.25, -0.2) is 4.79 Å². The lowest BCUT2D eigenvalue weighted by molar-refractivity contribution is -0.142. The van der Waals surface area contributed by atoms with Crippen LogP contribution in [0.4, 0.5) is 0 Å². The van der Waals surface area contributed by atoms with Crippen molar-refractivity contribution in [1.29, 1.82) is 0 Å². The van der Waals surface area contributed by atoms with Crippen molar-refractivity contribution in [3.05, 3.63) is 35.9 Å². The van der Waals surface area contributed by atoms with Gasteiger partial charge in [-0.1, -0.05) is 64.4 Å². The number of carbonyl (C=O) groups is 4. The van der Waals surface area contributed by atoms with Crippen molar-refractivity contribution in [1.82, 2.24) is 16.0 Å². The Hall–Kier alpha value is -2.94. The number of carboxylic acids is 1. The molecule has 0 fully saturated rings. The number of hydrogen-bond donors (Lipinski definition) is 5. The van der Waals surface area contributed by atoms with E-state index in [0.717, 1.165) is 5.56 Å². The normalized spacial score (nSPS) is 14.7. The number of hydrogen-bond acceptors (Lipinski definition) is 5. The van der Waals surface area contributed by atoms with Crippen molar-refractivity contribution in [2.75, 3.05) is 6.54 Å². The number of carbonyl (C=O) groups excluding carboxylic acids is 3. The van der Waals surface area contributed by atoms with E-state index >= 15 is 0 Å². The van der Waals surface area contributed by atoms with Crippen LogP contribution in [0.3, 0.4) is 0 Å². The van der Waals surface area contributed by atoms with Crippen molar-refractivity contribution in [3.8, 4) is 0 Å². The molecule has 1 rings (SSSR count). The summed E-state index contributed by atoms with van der Waals surface area (Å²) in [4.78, 5) is 48.8. The Bertz CT molecular complexity index is 769. The molecule has 6 N–H and O–H groups in total. The highest BCUT2D eigenvalue weighted by molar-refractivity contribution is 5.92. The molecule has 4 unspecified atom stereocenters. The molecule has 9 nitrogen and oxygen atoms in total. The van der Waals surface area contributed by atoms with Gasteiger partial charge in [0.25, 0.3) is 0 Å². The van der Waals surface area contributed by atoms with Gasteiger partial charge >= 0.3 is 5.97 Å². The zero-order valence-corrected chi connectivity index (χ0v) is 19.3. The summed E-state index contributed by atoms with van der Waals surface area (Å²) < 4.78 is 0. The van der Waals surface area contributed by atoms with Gasteiger partial charge in [-0.2, -0.15) is 0 Å². The minimum absolute atomic E-state index is 0.0601. The summed E-state index contributed by atoms with van der Waals surface area (Å²) in [7, 11) is 0. The summed E-state index contributed by atoms with van der Waals surface area (Å²) in [6, 6.07) is 6.43. The summed E-state index contributed by atoms with van der Waals surface area (Å²) >= 11 is 0. The first-order chi connectivity index (χ1) is 15.0. The van der Waals surface area contributed by atoms with Crippen molar-refractivity contribution in [2.24, 2.45) is 17.6 Å². The zero-order chi connectivity index (χ0) is 24.3. The van der Waals surface area contributed by atoms with Crippen LogP contribution in [0.25, 0.3) is 0 Å². The number of amides is 3. The Kier molecular flexibility index (Phi) is 11.4. The Morgan fingerprint density at radius 1 is 0.969 bits per heavy atom. The van der Waals surface area contributed by atoms with Crippen LogP contribution in [0.2, 0.25) is 0 Å². The van der Waals surface area contributed by atoms with E-state index < -0.39 is 48.4 Å². The van der Waals surface area contributed by atoms with Gasteiger partial charge < -0.3 is 26.8 Å². The quantitative estimate of drug-likeness (QED) is 0.301. The first-order valence-corrected chi connectivity index (χ1v) is 10.9. The van der Waals surface area contributed by atoms with Crippen molar-refractivity contribution >= 4 is 23.7 Å². The van der Waals surface area contributed by atoms with Gasteiger partial charge in [0.15, 0.2) is 0 Å². The van der Waals surface area contributed by atoms with Gasteiger partial charge in [0.05, 0.1) is 12.6 Å². The molecule has 0 aliphatic rings. The highest BCUT2D eigenvalue weighted by Crippen LogP contribution is 2.08. The second-order valence-electron chi connectivity index (χ2n) is 8.47. The number of nitrogens with one attached hydrogen (secondary N) is 3. The SMILES string of the molecule is CCC(C)C(N)C(=O)NC(Cc1ccccc1)C(=O)NCC(=O)NC(CC(C)C)C(=O)O. The summed E-state index contributed by atoms with van der Waals surface area (Å²) in [6.45, 7) is 7.08. The smallest absolute Gasteiger partial charge is 0.326 e. The van der Waals surface area contributed by atoms with Crippen LogP contribution in [-0.2, 0) is 25.6 Å². The minimum Gasteiger partial charge on any atom is -0.480 e. The van der Waals surface area contributed by atoms with E-state index in [-0.39, 0.29) is 24.7 Å². The van der Waals surface area contributed by atoms with Gasteiger partial charge in [-0.15, -0.1) is 0 Å². The van der Waals surface area contributed by atoms with Gasteiger partial charge in [0.2, 0.25) is 17.7 Å². The molecule has 1 aromatic carbocycles. The van der Waals surface area contributed by atoms with Gasteiger partial charge in [-0.3, -0.25) is 14.4 Å². The lowest BCUT2D eigenvalue weighted by atomic mass is 9.98. The number of nitrogens with two attached hydrogens (primary N) is 1. The second kappa shape index (κ2) is 13.5. The van der Waals surface area contributed by atoms with Crippen LogP contribution in [-0.4, -0.2) is 53.5 Å². The number of rotatable bonds is 13. The molecule has 0 heterocycles. The average molecular weight is 449 g/mol. The first-order valence-electron chi connectivity index (χ1n) is 10.9. The van der Waals surface area contributed by atoms with Crippen molar-refractivity contribution in [2.45, 2.75) is 65.1 Å². The van der Waals surface area contributed by atoms with Crippen molar-refractivity contribution < 1.29 is 24.3 Å². The molecule has 0 aromatic heterocycles. The van der Waals surface area contributed by atoms with Crippen LogP contribution in [0, 0.1) is 11.8 Å². The predicted octanol–water partition coefficient (Wildman–Crippen LogP) is 0.819. The maximum atomic E-state index is 12.8. The molecule has 178 valence electrons. The van der Waals surface area contributed by atoms with Crippen LogP contribution in [0.5, 0.6) is 0 Å². The number of aliphatic carboxylic acids is 1. The Balaban J connectivity index is 2.80. The molecule has 0 radical (unpaired) electrons. The molecule has 3 amide bonds. The average Bonchev–Trinajstić information content (AvgIpc) is 2.75. The monoisotopic (exact) mass is 448 g/mol. The molecule has 0 bridgehead atoms. The molecule has 0 saturated carbocycles. The molecule has 32 heavy (non-hydrogen) atoms. The van der Waals surface area contributed by atoms with E-state index in [0.29, 0.717) is 6.42 Å². The third-order valence-electron chi connectivity index (χ3n) is 5.24. The molecule has 0 aliphatic carbocycles. The lowest BCUT2D eigenvalue weighted by Crippen LogP contribution is -2.55. The first kappa shape index (κ1) is 27.1. The molecule has 4 atom stereocenters. The van der Waals surface area contributed by atoms with E-state index in [1.165, 1.54) is 0 Å². The third kappa shape index (κ3) is 9.47. The second-order valence-corrected chi connectivity index (χ2v) is 8.47. The van der Waals surface area contributed by atoms with Crippen LogP contribution in [0.15, 0.2) is 30.3 Å². The van der Waals surface area contributed by atoms with E-state index in [4.69, 9.17) is 5.73 Å². The standard InChI is InChI=1S/C23H36N4O5/c1-5-15(4)20(24)22(30)27-17(12-16-9-7-6-8-10-16)21(29)25-13-19(28)26-18(23(31)32)11-14(2)3/h6-10,14-15,17-18,20H,5,11-13,24H2,1-4H3,(H,25,29)(H,26,28)(H,27,30)(H,31,32). The summed E-state index contributed by atoms with van der Waals surface area (Å²) in [5.41, 5.74) is 6.83. The van der Waals surface area contributed by atoms with Crippen molar-refractivity contribution in [3.63, 3.8) is 0 Å². The van der Waals surface area contributed by atoms with E-state index in [1.54, 1.807) is 0 Å². The predicted molar refractivity (Wildman–Crippen MR) is 122 cm³/mol. The fourth-order valence-electron chi connectivity index (χ4n) is 3.07. The highest BCUT2D eigenvalue weighted by atomic mass is 16.4. The summed E-state index contributed by atoms with van der Waals surface area (Å²) in [5.74, 6) is -2.73. The largest absolute Gasteiger partial charge is 0.480 e. The molecule has 1 aromatic rings. The zero-order valence-electron chi connectivity index (χ0n) is 19.3. The third-order valence-corrected chi connectivity index (χ3v) is 5.24. The Morgan fingerprint density at radius 3 is 2.12 bits per heavy atom. The van der Waals surface area contributed by atoms with E-state index in [2.05, 4.69) is 16.0 Å². The molecule has 9 heteroatoms. The van der Waals surface area contributed by atoms with E-state index in [1.807, 2.05) is 58.0 Å². The minimum atomic E-state index is -1.13. The molecule has 0 spiro atoms. The fourth-order valence-corrected chi connectivity index (χ4v) is 3.07. The van der Waals surface area contributed by atoms with E-state index in [9.17, 15) is 24.3 Å². The van der Waals surface area contributed by atoms with Crippen LogP contribution in [0.1, 0.15) is 46.1 Å². The van der Waals surface area contributed by atoms with Crippen LogP contribution < -0.4 is 21.7 Å². The summed E-state index contributed by atoms with van der Waals surface area (Å²) in [5, 5.41) is 16.8. The van der Waals surface area contributed by atoms with Gasteiger partial charge in [-0.05, 0) is 23.8 Å².